The molecule has 11 heteroatoms. The van der Waals surface area contributed by atoms with Crippen LogP contribution in [-0.4, -0.2) is 78.8 Å². The van der Waals surface area contributed by atoms with Crippen LogP contribution in [0, 0.1) is 11.8 Å². The minimum atomic E-state index is -4.40. The molecule has 0 spiro atoms. The van der Waals surface area contributed by atoms with Crippen molar-refractivity contribution in [3.8, 4) is 5.75 Å². The first kappa shape index (κ1) is 30.8. The fraction of sp³-hybridized carbons (Fsp3) is 0.533. The largest absolute Gasteiger partial charge is 0.486 e. The molecule has 0 bridgehead atoms. The van der Waals surface area contributed by atoms with Gasteiger partial charge in [0.15, 0.2) is 5.75 Å². The van der Waals surface area contributed by atoms with Crippen molar-refractivity contribution in [2.75, 3.05) is 45.3 Å². The van der Waals surface area contributed by atoms with Gasteiger partial charge >= 0.3 is 6.18 Å². The zero-order valence-corrected chi connectivity index (χ0v) is 23.6. The zero-order valence-electron chi connectivity index (χ0n) is 23.6. The molecule has 4 rings (SSSR count). The average Bonchev–Trinajstić information content (AvgIpc) is 2.95. The molecule has 2 N–H and O–H groups in total. The summed E-state index contributed by atoms with van der Waals surface area (Å²) in [5.74, 6) is -0.571. The maximum atomic E-state index is 13.7. The van der Waals surface area contributed by atoms with Crippen molar-refractivity contribution in [1.29, 1.82) is 0 Å². The van der Waals surface area contributed by atoms with Crippen LogP contribution in [0.1, 0.15) is 48.2 Å². The second-order valence-corrected chi connectivity index (χ2v) is 11.1. The summed E-state index contributed by atoms with van der Waals surface area (Å²) in [7, 11) is 1.85. The molecule has 2 heterocycles. The van der Waals surface area contributed by atoms with Crippen molar-refractivity contribution in [3.05, 3.63) is 59.2 Å². The van der Waals surface area contributed by atoms with Crippen LogP contribution >= 0.6 is 0 Å². The number of fused-ring (bicyclic) bond motifs is 1. The van der Waals surface area contributed by atoms with Crippen LogP contribution in [0.4, 0.5) is 18.9 Å². The summed E-state index contributed by atoms with van der Waals surface area (Å²) in [5, 5.41) is 12.9. The standard InChI is InChI=1S/C30H38F3N3O5/c1-19-15-36(20(2)18-37)29(39)24-5-4-6-25(34-28(38)22-11-13-40-14-12-22)27(24)41-26(19)17-35(3)16-21-7-9-23(10-8-21)30(31,32)33/h4-10,19-20,22,26,37H,11-18H2,1-3H3,(H,34,38)/t19-,20-,26-/m1/s1. The number of likely N-dealkylation sites (N-methyl/N-ethyl adjacent to an activating group) is 1. The van der Waals surface area contributed by atoms with Gasteiger partial charge in [0, 0.05) is 44.7 Å². The summed E-state index contributed by atoms with van der Waals surface area (Å²) in [4.78, 5) is 30.3. The van der Waals surface area contributed by atoms with Crippen molar-refractivity contribution in [2.45, 2.75) is 51.6 Å². The first-order chi connectivity index (χ1) is 19.5. The SMILES string of the molecule is C[C@@H]1CN([C@H](C)CO)C(=O)c2cccc(NC(=O)C3CCOCC3)c2O[C@@H]1CN(C)Cc1ccc(C(F)(F)F)cc1. The number of ether oxygens (including phenoxy) is 2. The number of carbonyl (C=O) groups excluding carboxylic acids is 2. The van der Waals surface area contributed by atoms with Gasteiger partial charge in [0.2, 0.25) is 5.91 Å². The number of alkyl halides is 3. The minimum Gasteiger partial charge on any atom is -0.486 e. The van der Waals surface area contributed by atoms with Gasteiger partial charge in [-0.05, 0) is 56.6 Å². The van der Waals surface area contributed by atoms with Crippen LogP contribution in [0.2, 0.25) is 0 Å². The van der Waals surface area contributed by atoms with Crippen LogP contribution in [0.25, 0.3) is 0 Å². The lowest BCUT2D eigenvalue weighted by molar-refractivity contribution is -0.137. The molecule has 2 aliphatic heterocycles. The molecule has 41 heavy (non-hydrogen) atoms. The smallest absolute Gasteiger partial charge is 0.416 e. The number of amides is 2. The van der Waals surface area contributed by atoms with Crippen molar-refractivity contribution in [3.63, 3.8) is 0 Å². The van der Waals surface area contributed by atoms with E-state index in [2.05, 4.69) is 5.32 Å². The number of anilines is 1. The lowest BCUT2D eigenvalue weighted by atomic mass is 9.98. The van der Waals surface area contributed by atoms with Gasteiger partial charge < -0.3 is 24.8 Å². The van der Waals surface area contributed by atoms with E-state index in [-0.39, 0.29) is 41.6 Å². The molecule has 3 atom stereocenters. The number of halogens is 3. The molecule has 224 valence electrons. The van der Waals surface area contributed by atoms with E-state index in [9.17, 15) is 27.9 Å². The first-order valence-corrected chi connectivity index (χ1v) is 13.9. The highest BCUT2D eigenvalue weighted by Crippen LogP contribution is 2.36. The Labute approximate surface area is 238 Å². The van der Waals surface area contributed by atoms with E-state index in [0.29, 0.717) is 51.4 Å². The van der Waals surface area contributed by atoms with E-state index in [0.717, 1.165) is 17.7 Å². The molecule has 2 aromatic carbocycles. The Morgan fingerprint density at radius 1 is 1.17 bits per heavy atom. The summed E-state index contributed by atoms with van der Waals surface area (Å²) in [6.07, 6.45) is -3.61. The summed E-state index contributed by atoms with van der Waals surface area (Å²) in [6, 6.07) is 9.67. The summed E-state index contributed by atoms with van der Waals surface area (Å²) < 4.78 is 50.9. The fourth-order valence-electron chi connectivity index (χ4n) is 5.24. The van der Waals surface area contributed by atoms with Gasteiger partial charge in [-0.15, -0.1) is 0 Å². The summed E-state index contributed by atoms with van der Waals surface area (Å²) in [5.41, 5.74) is 0.705. The molecular formula is C30H38F3N3O5. The second kappa shape index (κ2) is 13.2. The number of benzene rings is 2. The number of carbonyl (C=O) groups is 2. The fourth-order valence-corrected chi connectivity index (χ4v) is 5.24. The Kier molecular flexibility index (Phi) is 9.93. The number of nitrogens with zero attached hydrogens (tertiary/aromatic N) is 2. The molecule has 2 aromatic rings. The van der Waals surface area contributed by atoms with Gasteiger partial charge in [0.05, 0.1) is 29.5 Å². The van der Waals surface area contributed by atoms with Crippen LogP contribution < -0.4 is 10.1 Å². The van der Waals surface area contributed by atoms with Gasteiger partial charge in [-0.25, -0.2) is 0 Å². The lowest BCUT2D eigenvalue weighted by Crippen LogP contribution is -2.49. The van der Waals surface area contributed by atoms with Gasteiger partial charge in [-0.2, -0.15) is 13.2 Å². The minimum absolute atomic E-state index is 0.163. The highest BCUT2D eigenvalue weighted by Gasteiger charge is 2.35. The molecule has 1 fully saturated rings. The first-order valence-electron chi connectivity index (χ1n) is 13.9. The van der Waals surface area contributed by atoms with Gasteiger partial charge in [-0.1, -0.05) is 25.1 Å². The maximum Gasteiger partial charge on any atom is 0.416 e. The summed E-state index contributed by atoms with van der Waals surface area (Å²) in [6.45, 7) is 5.65. The number of hydrogen-bond acceptors (Lipinski definition) is 6. The van der Waals surface area contributed by atoms with E-state index >= 15 is 0 Å². The molecule has 0 unspecified atom stereocenters. The number of aliphatic hydroxyl groups excluding tert-OH is 1. The van der Waals surface area contributed by atoms with E-state index in [1.807, 2.05) is 18.9 Å². The molecule has 8 nitrogen and oxygen atoms in total. The van der Waals surface area contributed by atoms with Crippen molar-refractivity contribution in [1.82, 2.24) is 9.80 Å². The molecular weight excluding hydrogens is 539 g/mol. The van der Waals surface area contributed by atoms with Crippen molar-refractivity contribution >= 4 is 17.5 Å². The van der Waals surface area contributed by atoms with Gasteiger partial charge in [0.25, 0.3) is 5.91 Å². The highest BCUT2D eigenvalue weighted by molar-refractivity contribution is 6.02. The second-order valence-electron chi connectivity index (χ2n) is 11.1. The van der Waals surface area contributed by atoms with Crippen molar-refractivity contribution < 1.29 is 37.3 Å². The van der Waals surface area contributed by atoms with E-state index in [1.165, 1.54) is 12.1 Å². The Balaban J connectivity index is 1.60. The molecule has 0 saturated carbocycles. The molecule has 0 radical (unpaired) electrons. The molecule has 2 amide bonds. The predicted octanol–water partition coefficient (Wildman–Crippen LogP) is 4.42. The quantitative estimate of drug-likeness (QED) is 0.483. The Bertz CT molecular complexity index is 1200. The van der Waals surface area contributed by atoms with Crippen LogP contribution in [-0.2, 0) is 22.3 Å². The number of hydrogen-bond donors (Lipinski definition) is 2. The molecule has 0 aliphatic carbocycles. The normalized spacial score (nSPS) is 21.1. The molecule has 2 aliphatic rings. The van der Waals surface area contributed by atoms with E-state index < -0.39 is 23.9 Å². The monoisotopic (exact) mass is 577 g/mol. The third kappa shape index (κ3) is 7.58. The van der Waals surface area contributed by atoms with Gasteiger partial charge in [-0.3, -0.25) is 14.5 Å². The van der Waals surface area contributed by atoms with E-state index in [4.69, 9.17) is 9.47 Å². The lowest BCUT2D eigenvalue weighted by Gasteiger charge is -2.38. The predicted molar refractivity (Wildman–Crippen MR) is 148 cm³/mol. The summed E-state index contributed by atoms with van der Waals surface area (Å²) >= 11 is 0. The average molecular weight is 578 g/mol. The Morgan fingerprint density at radius 3 is 2.49 bits per heavy atom. The van der Waals surface area contributed by atoms with E-state index in [1.54, 1.807) is 30.0 Å². The third-order valence-electron chi connectivity index (χ3n) is 7.77. The number of rotatable bonds is 8. The zero-order chi connectivity index (χ0) is 29.7. The third-order valence-corrected chi connectivity index (χ3v) is 7.77. The van der Waals surface area contributed by atoms with Crippen molar-refractivity contribution in [2.24, 2.45) is 11.8 Å². The van der Waals surface area contributed by atoms with Crippen LogP contribution in [0.15, 0.2) is 42.5 Å². The van der Waals surface area contributed by atoms with Crippen LogP contribution in [0.3, 0.4) is 0 Å². The van der Waals surface area contributed by atoms with Crippen LogP contribution in [0.5, 0.6) is 5.75 Å². The van der Waals surface area contributed by atoms with Gasteiger partial charge in [0.1, 0.15) is 6.10 Å². The number of aliphatic hydroxyl groups is 1. The number of nitrogens with one attached hydrogen (secondary N) is 1. The topological polar surface area (TPSA) is 91.3 Å². The molecule has 1 saturated heterocycles. The Hall–Kier alpha value is -3.15. The maximum absolute atomic E-state index is 13.7. The molecule has 0 aromatic heterocycles. The highest BCUT2D eigenvalue weighted by atomic mass is 19.4. The Morgan fingerprint density at radius 2 is 1.85 bits per heavy atom. The number of para-hydroxylation sites is 1.